The summed E-state index contributed by atoms with van der Waals surface area (Å²) in [6.45, 7) is 5.20. The van der Waals surface area contributed by atoms with Crippen molar-refractivity contribution in [1.82, 2.24) is 5.32 Å². The zero-order valence-corrected chi connectivity index (χ0v) is 17.5. The summed E-state index contributed by atoms with van der Waals surface area (Å²) >= 11 is 0. The normalized spacial score (nSPS) is 12.4. The first-order valence-corrected chi connectivity index (χ1v) is 9.70. The topological polar surface area (TPSA) is 81.7 Å². The molecule has 1 N–H and O–H groups in total. The summed E-state index contributed by atoms with van der Waals surface area (Å²) in [6, 6.07) is 15.9. The first kappa shape index (κ1) is 21.3. The van der Waals surface area contributed by atoms with E-state index in [-0.39, 0.29) is 6.42 Å². The number of esters is 2. The van der Waals surface area contributed by atoms with Crippen LogP contribution < -0.4 is 5.32 Å². The Bertz CT molecular complexity index is 1060. The SMILES string of the molecule is COC(=O)[C@H](CC(=O)OC(C)(C)C)NC(=O)c1c2ccccc2cc2ccccc12. The van der Waals surface area contributed by atoms with Crippen LogP contribution in [0.15, 0.2) is 54.6 Å². The lowest BCUT2D eigenvalue weighted by atomic mass is 9.96. The van der Waals surface area contributed by atoms with Crippen molar-refractivity contribution in [3.05, 3.63) is 60.2 Å². The van der Waals surface area contributed by atoms with Crippen LogP contribution in [0.5, 0.6) is 0 Å². The van der Waals surface area contributed by atoms with Gasteiger partial charge < -0.3 is 14.8 Å². The molecule has 0 fully saturated rings. The number of ether oxygens (including phenoxy) is 2. The Kier molecular flexibility index (Phi) is 6.06. The van der Waals surface area contributed by atoms with Gasteiger partial charge in [-0.2, -0.15) is 0 Å². The molecule has 0 heterocycles. The molecule has 6 nitrogen and oxygen atoms in total. The second-order valence-corrected chi connectivity index (χ2v) is 8.03. The number of benzene rings is 3. The van der Waals surface area contributed by atoms with Crippen LogP contribution in [0.2, 0.25) is 0 Å². The highest BCUT2D eigenvalue weighted by atomic mass is 16.6. The lowest BCUT2D eigenvalue weighted by Crippen LogP contribution is -2.44. The minimum atomic E-state index is -1.16. The van der Waals surface area contributed by atoms with Gasteiger partial charge in [0, 0.05) is 0 Å². The third-order valence-electron chi connectivity index (χ3n) is 4.58. The highest BCUT2D eigenvalue weighted by molar-refractivity contribution is 6.18. The molecule has 0 aliphatic rings. The van der Waals surface area contributed by atoms with Crippen LogP contribution in [0.3, 0.4) is 0 Å². The Labute approximate surface area is 175 Å². The summed E-state index contributed by atoms with van der Waals surface area (Å²) in [4.78, 5) is 37.8. The van der Waals surface area contributed by atoms with Gasteiger partial charge in [-0.3, -0.25) is 9.59 Å². The Morgan fingerprint density at radius 2 is 1.47 bits per heavy atom. The molecule has 156 valence electrons. The van der Waals surface area contributed by atoms with Crippen molar-refractivity contribution in [1.29, 1.82) is 0 Å². The van der Waals surface area contributed by atoms with Crippen LogP contribution >= 0.6 is 0 Å². The highest BCUT2D eigenvalue weighted by Gasteiger charge is 2.29. The van der Waals surface area contributed by atoms with E-state index in [2.05, 4.69) is 5.32 Å². The van der Waals surface area contributed by atoms with Crippen molar-refractivity contribution >= 4 is 39.4 Å². The quantitative estimate of drug-likeness (QED) is 0.511. The predicted molar refractivity (Wildman–Crippen MR) is 115 cm³/mol. The van der Waals surface area contributed by atoms with Crippen LogP contribution in [0, 0.1) is 0 Å². The number of nitrogens with one attached hydrogen (secondary N) is 1. The maximum absolute atomic E-state index is 13.3. The van der Waals surface area contributed by atoms with Gasteiger partial charge in [0.2, 0.25) is 0 Å². The smallest absolute Gasteiger partial charge is 0.328 e. The molecular weight excluding hydrogens is 382 g/mol. The number of hydrogen-bond acceptors (Lipinski definition) is 5. The van der Waals surface area contributed by atoms with E-state index in [1.54, 1.807) is 20.8 Å². The fourth-order valence-corrected chi connectivity index (χ4v) is 3.37. The number of carbonyl (C=O) groups excluding carboxylic acids is 3. The summed E-state index contributed by atoms with van der Waals surface area (Å²) in [6.07, 6.45) is -0.321. The Balaban J connectivity index is 1.98. The molecule has 0 spiro atoms. The van der Waals surface area contributed by atoms with Crippen molar-refractivity contribution in [3.8, 4) is 0 Å². The van der Waals surface area contributed by atoms with E-state index in [1.807, 2.05) is 54.6 Å². The van der Waals surface area contributed by atoms with Gasteiger partial charge in [0.25, 0.3) is 5.91 Å². The lowest BCUT2D eigenvalue weighted by molar-refractivity contribution is -0.158. The molecule has 0 aromatic heterocycles. The second-order valence-electron chi connectivity index (χ2n) is 8.03. The number of amides is 1. The Morgan fingerprint density at radius 1 is 0.933 bits per heavy atom. The number of rotatable bonds is 5. The monoisotopic (exact) mass is 407 g/mol. The third kappa shape index (κ3) is 4.76. The summed E-state index contributed by atoms with van der Waals surface area (Å²) in [5, 5.41) is 6.00. The van der Waals surface area contributed by atoms with Crippen LogP contribution in [-0.2, 0) is 19.1 Å². The summed E-state index contributed by atoms with van der Waals surface area (Å²) in [7, 11) is 1.21. The van der Waals surface area contributed by atoms with Crippen molar-refractivity contribution < 1.29 is 23.9 Å². The van der Waals surface area contributed by atoms with E-state index in [1.165, 1.54) is 7.11 Å². The Morgan fingerprint density at radius 3 is 1.97 bits per heavy atom. The van der Waals surface area contributed by atoms with Gasteiger partial charge in [-0.25, -0.2) is 4.79 Å². The van der Waals surface area contributed by atoms with E-state index in [0.29, 0.717) is 5.56 Å². The van der Waals surface area contributed by atoms with E-state index in [0.717, 1.165) is 21.5 Å². The van der Waals surface area contributed by atoms with E-state index in [9.17, 15) is 14.4 Å². The van der Waals surface area contributed by atoms with Crippen LogP contribution in [0.25, 0.3) is 21.5 Å². The van der Waals surface area contributed by atoms with Gasteiger partial charge in [-0.1, -0.05) is 48.5 Å². The second kappa shape index (κ2) is 8.53. The molecule has 0 aliphatic carbocycles. The molecule has 0 bridgehead atoms. The van der Waals surface area contributed by atoms with Gasteiger partial charge in [0.1, 0.15) is 11.6 Å². The maximum atomic E-state index is 13.3. The minimum absolute atomic E-state index is 0.321. The molecule has 30 heavy (non-hydrogen) atoms. The summed E-state index contributed by atoms with van der Waals surface area (Å²) in [5.74, 6) is -1.76. The molecule has 3 rings (SSSR count). The van der Waals surface area contributed by atoms with Crippen molar-refractivity contribution in [3.63, 3.8) is 0 Å². The van der Waals surface area contributed by atoms with Gasteiger partial charge >= 0.3 is 11.9 Å². The van der Waals surface area contributed by atoms with Crippen LogP contribution in [0.1, 0.15) is 37.6 Å². The molecule has 0 aliphatic heterocycles. The lowest BCUT2D eigenvalue weighted by Gasteiger charge is -2.22. The van der Waals surface area contributed by atoms with Crippen LogP contribution in [0.4, 0.5) is 0 Å². The molecule has 1 amide bonds. The van der Waals surface area contributed by atoms with Gasteiger partial charge in [-0.05, 0) is 48.4 Å². The predicted octanol–water partition coefficient (Wildman–Crippen LogP) is 4.00. The average molecular weight is 407 g/mol. The minimum Gasteiger partial charge on any atom is -0.467 e. The fraction of sp³-hybridized carbons (Fsp3) is 0.292. The van der Waals surface area contributed by atoms with Crippen molar-refractivity contribution in [2.24, 2.45) is 0 Å². The molecule has 0 saturated heterocycles. The molecule has 6 heteroatoms. The van der Waals surface area contributed by atoms with E-state index < -0.39 is 29.5 Å². The van der Waals surface area contributed by atoms with E-state index in [4.69, 9.17) is 9.47 Å². The van der Waals surface area contributed by atoms with Crippen molar-refractivity contribution in [2.45, 2.75) is 38.8 Å². The number of fused-ring (bicyclic) bond motifs is 2. The molecule has 0 radical (unpaired) electrons. The zero-order chi connectivity index (χ0) is 21.9. The number of hydrogen-bond donors (Lipinski definition) is 1. The zero-order valence-electron chi connectivity index (χ0n) is 17.5. The molecular formula is C24H25NO5. The third-order valence-corrected chi connectivity index (χ3v) is 4.58. The first-order valence-electron chi connectivity index (χ1n) is 9.70. The average Bonchev–Trinajstić information content (AvgIpc) is 2.69. The summed E-state index contributed by atoms with van der Waals surface area (Å²) < 4.78 is 10.1. The largest absolute Gasteiger partial charge is 0.467 e. The van der Waals surface area contributed by atoms with E-state index >= 15 is 0 Å². The first-order chi connectivity index (χ1) is 14.2. The standard InChI is InChI=1S/C24H25NO5/c1-24(2,3)30-20(26)14-19(23(28)29-4)25-22(27)21-17-11-7-5-9-15(17)13-16-10-6-8-12-18(16)21/h5-13,19H,14H2,1-4H3,(H,25,27)/t19-/m0/s1. The van der Waals surface area contributed by atoms with Gasteiger partial charge in [-0.15, -0.1) is 0 Å². The molecule has 3 aromatic carbocycles. The molecule has 1 atom stereocenters. The highest BCUT2D eigenvalue weighted by Crippen LogP contribution is 2.28. The fourth-order valence-electron chi connectivity index (χ4n) is 3.37. The Hall–Kier alpha value is -3.41. The van der Waals surface area contributed by atoms with Gasteiger partial charge in [0.15, 0.2) is 0 Å². The molecule has 0 saturated carbocycles. The van der Waals surface area contributed by atoms with Crippen LogP contribution in [-0.4, -0.2) is 36.6 Å². The number of methoxy groups -OCH3 is 1. The molecule has 3 aromatic rings. The van der Waals surface area contributed by atoms with Gasteiger partial charge in [0.05, 0.1) is 19.1 Å². The number of carbonyl (C=O) groups is 3. The molecule has 0 unspecified atom stereocenters. The maximum Gasteiger partial charge on any atom is 0.328 e. The van der Waals surface area contributed by atoms with Crippen molar-refractivity contribution in [2.75, 3.05) is 7.11 Å². The summed E-state index contributed by atoms with van der Waals surface area (Å²) in [5.41, 5.74) is -0.255.